The van der Waals surface area contributed by atoms with Gasteiger partial charge in [-0.05, 0) is 68.0 Å². The van der Waals surface area contributed by atoms with E-state index in [1.165, 1.54) is 0 Å². The van der Waals surface area contributed by atoms with Gasteiger partial charge >= 0.3 is 11.9 Å². The van der Waals surface area contributed by atoms with E-state index in [-0.39, 0.29) is 47.6 Å². The highest BCUT2D eigenvalue weighted by atomic mass is 28.4. The number of ether oxygens (including phenoxy) is 2. The van der Waals surface area contributed by atoms with Gasteiger partial charge in [0.05, 0.1) is 18.4 Å². The number of esters is 2. The lowest BCUT2D eigenvalue weighted by atomic mass is 9.59. The zero-order chi connectivity index (χ0) is 26.8. The number of aliphatic hydroxyl groups excluding tert-OH is 1. The highest BCUT2D eigenvalue weighted by Crippen LogP contribution is 2.51. The Kier molecular flexibility index (Phi) is 9.76. The number of cyclic esters (lactones) is 1. The van der Waals surface area contributed by atoms with Crippen molar-refractivity contribution in [2.45, 2.75) is 142 Å². The summed E-state index contributed by atoms with van der Waals surface area (Å²) >= 11 is 0. The zero-order valence-corrected chi connectivity index (χ0v) is 25.0. The maximum absolute atomic E-state index is 13.0. The minimum Gasteiger partial charge on any atom is -0.462 e. The Morgan fingerprint density at radius 3 is 2.47 bits per heavy atom. The van der Waals surface area contributed by atoms with Crippen LogP contribution in [-0.4, -0.2) is 49.8 Å². The first kappa shape index (κ1) is 29.6. The monoisotopic (exact) mass is 524 g/mol. The van der Waals surface area contributed by atoms with Crippen molar-refractivity contribution in [1.29, 1.82) is 0 Å². The summed E-state index contributed by atoms with van der Waals surface area (Å²) in [5, 5.41) is 10.2. The molecule has 1 aliphatic heterocycles. The van der Waals surface area contributed by atoms with E-state index in [2.05, 4.69) is 40.8 Å². The van der Waals surface area contributed by atoms with Crippen molar-refractivity contribution in [3.05, 3.63) is 0 Å². The van der Waals surface area contributed by atoms with Gasteiger partial charge in [-0.25, -0.2) is 0 Å². The van der Waals surface area contributed by atoms with Crippen LogP contribution in [0.3, 0.4) is 0 Å². The lowest BCUT2D eigenvalue weighted by Crippen LogP contribution is -2.53. The molecule has 1 N–H and O–H groups in total. The van der Waals surface area contributed by atoms with Gasteiger partial charge in [0.1, 0.15) is 12.2 Å². The Hall–Kier alpha value is -0.923. The fourth-order valence-electron chi connectivity index (χ4n) is 6.46. The van der Waals surface area contributed by atoms with Crippen LogP contribution in [0.4, 0.5) is 0 Å². The molecule has 3 aliphatic rings. The topological polar surface area (TPSA) is 82.1 Å². The van der Waals surface area contributed by atoms with E-state index in [0.29, 0.717) is 30.1 Å². The van der Waals surface area contributed by atoms with E-state index in [1.54, 1.807) is 0 Å². The fraction of sp³-hybridized carbons (Fsp3) is 0.931. The van der Waals surface area contributed by atoms with Crippen molar-refractivity contribution < 1.29 is 28.6 Å². The summed E-state index contributed by atoms with van der Waals surface area (Å²) in [6, 6.07) is 0. The van der Waals surface area contributed by atoms with Crippen LogP contribution in [0.1, 0.15) is 99.3 Å². The van der Waals surface area contributed by atoms with Crippen molar-refractivity contribution in [2.24, 2.45) is 29.6 Å². The maximum atomic E-state index is 13.0. The van der Waals surface area contributed by atoms with Gasteiger partial charge in [0.2, 0.25) is 0 Å². The van der Waals surface area contributed by atoms with Gasteiger partial charge in [-0.15, -0.1) is 0 Å². The van der Waals surface area contributed by atoms with Crippen molar-refractivity contribution in [2.75, 3.05) is 0 Å². The third-order valence-electron chi connectivity index (χ3n) is 9.86. The molecule has 3 fully saturated rings. The first-order valence-corrected chi connectivity index (χ1v) is 17.4. The van der Waals surface area contributed by atoms with Crippen LogP contribution in [0.2, 0.25) is 18.1 Å². The summed E-state index contributed by atoms with van der Waals surface area (Å²) in [5.41, 5.74) is 0. The van der Waals surface area contributed by atoms with Gasteiger partial charge in [-0.1, -0.05) is 48.0 Å². The van der Waals surface area contributed by atoms with Gasteiger partial charge in [-0.2, -0.15) is 0 Å². The Morgan fingerprint density at radius 2 is 1.86 bits per heavy atom. The Bertz CT molecular complexity index is 761. The van der Waals surface area contributed by atoms with Crippen molar-refractivity contribution in [3.8, 4) is 0 Å². The van der Waals surface area contributed by atoms with Crippen molar-refractivity contribution >= 4 is 20.3 Å². The number of aliphatic hydroxyl groups is 1. The smallest absolute Gasteiger partial charge is 0.308 e. The lowest BCUT2D eigenvalue weighted by Gasteiger charge is -2.52. The van der Waals surface area contributed by atoms with Crippen LogP contribution < -0.4 is 0 Å². The quantitative estimate of drug-likeness (QED) is 0.298. The number of rotatable bonds is 8. The van der Waals surface area contributed by atoms with Crippen LogP contribution in [0.25, 0.3) is 0 Å². The molecular weight excluding hydrogens is 472 g/mol. The Balaban J connectivity index is 1.79. The fourth-order valence-corrected chi connectivity index (χ4v) is 7.84. The standard InChI is InChI=1S/C29H52O6Si/c1-9-18(2)28(32)34-25-17-23(35-36(7,8)29(4,5)6)14-20-11-10-19(3)24(27(20)25)13-12-22-15-21(30)16-26(31)33-22/h18-25,27,30H,9-17H2,1-8H3. The number of carbonyl (C=O) groups is 2. The summed E-state index contributed by atoms with van der Waals surface area (Å²) in [6.45, 7) is 17.8. The largest absolute Gasteiger partial charge is 0.462 e. The van der Waals surface area contributed by atoms with Crippen LogP contribution in [0, 0.1) is 29.6 Å². The van der Waals surface area contributed by atoms with Gasteiger partial charge in [0.25, 0.3) is 0 Å². The number of carbonyl (C=O) groups excluding carboxylic acids is 2. The molecule has 2 aliphatic carbocycles. The van der Waals surface area contributed by atoms with E-state index >= 15 is 0 Å². The molecule has 208 valence electrons. The summed E-state index contributed by atoms with van der Waals surface area (Å²) in [6.07, 6.45) is 6.40. The molecular formula is C29H52O6Si. The lowest BCUT2D eigenvalue weighted by molar-refractivity contribution is -0.171. The van der Waals surface area contributed by atoms with E-state index in [9.17, 15) is 14.7 Å². The summed E-state index contributed by atoms with van der Waals surface area (Å²) in [4.78, 5) is 24.9. The molecule has 0 radical (unpaired) electrons. The third-order valence-corrected chi connectivity index (χ3v) is 14.4. The molecule has 0 aromatic rings. The van der Waals surface area contributed by atoms with Crippen molar-refractivity contribution in [3.63, 3.8) is 0 Å². The second-order valence-electron chi connectivity index (χ2n) is 13.6. The highest BCUT2D eigenvalue weighted by molar-refractivity contribution is 6.74. The molecule has 0 amide bonds. The predicted molar refractivity (Wildman–Crippen MR) is 144 cm³/mol. The normalized spacial score (nSPS) is 36.5. The first-order chi connectivity index (χ1) is 16.7. The molecule has 6 nitrogen and oxygen atoms in total. The van der Waals surface area contributed by atoms with Gasteiger partial charge in [-0.3, -0.25) is 9.59 Å². The molecule has 7 heteroatoms. The van der Waals surface area contributed by atoms with Crippen molar-refractivity contribution in [1.82, 2.24) is 0 Å². The molecule has 9 atom stereocenters. The van der Waals surface area contributed by atoms with Crippen LogP contribution >= 0.6 is 0 Å². The average Bonchev–Trinajstić information content (AvgIpc) is 2.76. The van der Waals surface area contributed by atoms with E-state index in [0.717, 1.165) is 44.9 Å². The van der Waals surface area contributed by atoms with Gasteiger partial charge in [0, 0.05) is 24.9 Å². The molecule has 2 saturated carbocycles. The van der Waals surface area contributed by atoms with Crippen LogP contribution in [-0.2, 0) is 23.5 Å². The molecule has 36 heavy (non-hydrogen) atoms. The summed E-state index contributed by atoms with van der Waals surface area (Å²) < 4.78 is 18.8. The SMILES string of the molecule is CCC(C)C(=O)OC1CC(O[Si](C)(C)C(C)(C)C)CC2CCC(C)C(CCC3CC(O)CC(=O)O3)C21. The minimum absolute atomic E-state index is 0.0875. The maximum Gasteiger partial charge on any atom is 0.308 e. The number of hydrogen-bond acceptors (Lipinski definition) is 6. The second-order valence-corrected chi connectivity index (χ2v) is 18.4. The van der Waals surface area contributed by atoms with E-state index < -0.39 is 14.4 Å². The second kappa shape index (κ2) is 11.9. The molecule has 3 rings (SSSR count). The Morgan fingerprint density at radius 1 is 1.17 bits per heavy atom. The molecule has 0 aromatic carbocycles. The molecule has 1 heterocycles. The average molecular weight is 525 g/mol. The molecule has 9 unspecified atom stereocenters. The van der Waals surface area contributed by atoms with E-state index in [4.69, 9.17) is 13.9 Å². The number of fused-ring (bicyclic) bond motifs is 1. The van der Waals surface area contributed by atoms with E-state index in [1.807, 2.05) is 13.8 Å². The zero-order valence-electron chi connectivity index (χ0n) is 24.0. The molecule has 0 aromatic heterocycles. The third kappa shape index (κ3) is 7.13. The van der Waals surface area contributed by atoms with Gasteiger partial charge in [0.15, 0.2) is 8.32 Å². The molecule has 0 spiro atoms. The van der Waals surface area contributed by atoms with Gasteiger partial charge < -0.3 is 19.0 Å². The molecule has 1 saturated heterocycles. The minimum atomic E-state index is -1.94. The van der Waals surface area contributed by atoms with Crippen LogP contribution in [0.15, 0.2) is 0 Å². The Labute approximate surface area is 220 Å². The molecule has 0 bridgehead atoms. The van der Waals surface area contributed by atoms with Crippen LogP contribution in [0.5, 0.6) is 0 Å². The summed E-state index contributed by atoms with van der Waals surface area (Å²) in [7, 11) is -1.94. The number of hydrogen-bond donors (Lipinski definition) is 1. The first-order valence-electron chi connectivity index (χ1n) is 14.5. The highest BCUT2D eigenvalue weighted by Gasteiger charge is 2.50. The predicted octanol–water partition coefficient (Wildman–Crippen LogP) is 6.25. The summed E-state index contributed by atoms with van der Waals surface area (Å²) in [5.74, 6) is 1.23.